The number of nitrogens with zero attached hydrogens (tertiary/aromatic N) is 3. The zero-order valence-electron chi connectivity index (χ0n) is 14.5. The lowest BCUT2D eigenvalue weighted by Gasteiger charge is -2.32. The van der Waals surface area contributed by atoms with Crippen LogP contribution in [0.1, 0.15) is 37.7 Å². The van der Waals surface area contributed by atoms with Gasteiger partial charge >= 0.3 is 0 Å². The lowest BCUT2D eigenvalue weighted by molar-refractivity contribution is -0.134. The summed E-state index contributed by atoms with van der Waals surface area (Å²) in [5, 5.41) is 0. The van der Waals surface area contributed by atoms with Crippen molar-refractivity contribution >= 4 is 5.91 Å². The Morgan fingerprint density at radius 2 is 2.08 bits per heavy atom. The Balaban J connectivity index is 1.39. The van der Waals surface area contributed by atoms with Crippen LogP contribution in [0.5, 0.6) is 5.88 Å². The highest BCUT2D eigenvalue weighted by Crippen LogP contribution is 2.17. The number of amides is 1. The van der Waals surface area contributed by atoms with Gasteiger partial charge in [-0.2, -0.15) is 0 Å². The summed E-state index contributed by atoms with van der Waals surface area (Å²) < 4.78 is 5.85. The molecule has 1 atom stereocenters. The molecule has 1 aliphatic heterocycles. The predicted octanol–water partition coefficient (Wildman–Crippen LogP) is 3.26. The van der Waals surface area contributed by atoms with Crippen molar-refractivity contribution in [3.05, 3.63) is 54.5 Å². The topological polar surface area (TPSA) is 55.3 Å². The highest BCUT2D eigenvalue weighted by molar-refractivity contribution is 5.76. The van der Waals surface area contributed by atoms with Gasteiger partial charge in [0.1, 0.15) is 6.10 Å². The molecule has 0 aliphatic carbocycles. The van der Waals surface area contributed by atoms with Crippen molar-refractivity contribution in [2.75, 3.05) is 13.1 Å². The van der Waals surface area contributed by atoms with Gasteiger partial charge in [-0.1, -0.05) is 30.3 Å². The molecular weight excluding hydrogens is 314 g/mol. The number of aryl methyl sites for hydroxylation is 1. The molecule has 0 radical (unpaired) electrons. The molecule has 1 aliphatic rings. The molecule has 3 rings (SSSR count). The summed E-state index contributed by atoms with van der Waals surface area (Å²) >= 11 is 0. The van der Waals surface area contributed by atoms with E-state index in [1.807, 2.05) is 11.0 Å². The normalized spacial score (nSPS) is 17.3. The largest absolute Gasteiger partial charge is 0.471 e. The van der Waals surface area contributed by atoms with E-state index < -0.39 is 0 Å². The van der Waals surface area contributed by atoms with Gasteiger partial charge in [0.2, 0.25) is 11.8 Å². The summed E-state index contributed by atoms with van der Waals surface area (Å²) in [4.78, 5) is 22.5. The maximum absolute atomic E-state index is 12.4. The first-order valence-electron chi connectivity index (χ1n) is 9.05. The van der Waals surface area contributed by atoms with E-state index in [-0.39, 0.29) is 12.0 Å². The molecule has 1 amide bonds. The summed E-state index contributed by atoms with van der Waals surface area (Å²) in [6, 6.07) is 10.4. The zero-order chi connectivity index (χ0) is 17.3. The van der Waals surface area contributed by atoms with Crippen LogP contribution in [-0.2, 0) is 11.2 Å². The molecule has 0 spiro atoms. The summed E-state index contributed by atoms with van der Waals surface area (Å²) in [6.45, 7) is 1.48. The number of ether oxygens (including phenoxy) is 1. The van der Waals surface area contributed by atoms with Gasteiger partial charge in [-0.25, -0.2) is 4.98 Å². The smallest absolute Gasteiger partial charge is 0.232 e. The van der Waals surface area contributed by atoms with Gasteiger partial charge in [-0.15, -0.1) is 0 Å². The van der Waals surface area contributed by atoms with E-state index >= 15 is 0 Å². The van der Waals surface area contributed by atoms with E-state index in [9.17, 15) is 4.79 Å². The molecule has 1 aromatic carbocycles. The van der Waals surface area contributed by atoms with Crippen LogP contribution in [0.3, 0.4) is 0 Å². The van der Waals surface area contributed by atoms with Crippen molar-refractivity contribution in [1.29, 1.82) is 0 Å². The fourth-order valence-corrected chi connectivity index (χ4v) is 3.19. The average molecular weight is 339 g/mol. The molecule has 0 N–H and O–H groups in total. The Labute approximate surface area is 149 Å². The molecule has 2 aromatic rings. The zero-order valence-corrected chi connectivity index (χ0v) is 14.5. The monoisotopic (exact) mass is 339 g/mol. The first-order chi connectivity index (χ1) is 12.3. The summed E-state index contributed by atoms with van der Waals surface area (Å²) in [6.07, 6.45) is 10.4. The molecule has 25 heavy (non-hydrogen) atoms. The van der Waals surface area contributed by atoms with E-state index in [1.54, 1.807) is 18.6 Å². The van der Waals surface area contributed by atoms with Crippen LogP contribution in [0, 0.1) is 0 Å². The lowest BCUT2D eigenvalue weighted by Crippen LogP contribution is -2.44. The number of hydrogen-bond acceptors (Lipinski definition) is 4. The van der Waals surface area contributed by atoms with Crippen LogP contribution < -0.4 is 4.74 Å². The van der Waals surface area contributed by atoms with E-state index in [0.717, 1.165) is 38.6 Å². The Kier molecular flexibility index (Phi) is 6.37. The summed E-state index contributed by atoms with van der Waals surface area (Å²) in [7, 11) is 0. The number of piperidine rings is 1. The quantitative estimate of drug-likeness (QED) is 0.727. The molecular formula is C20H25N3O2. The Morgan fingerprint density at radius 3 is 2.88 bits per heavy atom. The first kappa shape index (κ1) is 17.4. The van der Waals surface area contributed by atoms with E-state index in [0.29, 0.717) is 18.8 Å². The fourth-order valence-electron chi connectivity index (χ4n) is 3.19. The number of carbonyl (C=O) groups excluding carboxylic acids is 1. The molecule has 0 bridgehead atoms. The van der Waals surface area contributed by atoms with Gasteiger partial charge < -0.3 is 9.64 Å². The van der Waals surface area contributed by atoms with Gasteiger partial charge in [0, 0.05) is 25.4 Å². The Morgan fingerprint density at radius 1 is 1.20 bits per heavy atom. The SMILES string of the molecule is O=C(CCCCc1ccccc1)N1CCCC(Oc2cnccn2)C1. The lowest BCUT2D eigenvalue weighted by atomic mass is 10.1. The third kappa shape index (κ3) is 5.55. The number of benzene rings is 1. The second kappa shape index (κ2) is 9.16. The minimum atomic E-state index is 0.0127. The van der Waals surface area contributed by atoms with Crippen molar-refractivity contribution in [3.63, 3.8) is 0 Å². The van der Waals surface area contributed by atoms with E-state index in [4.69, 9.17) is 4.74 Å². The number of rotatable bonds is 7. The average Bonchev–Trinajstić information content (AvgIpc) is 2.67. The van der Waals surface area contributed by atoms with Crippen LogP contribution >= 0.6 is 0 Å². The molecule has 1 unspecified atom stereocenters. The van der Waals surface area contributed by atoms with Crippen molar-refractivity contribution < 1.29 is 9.53 Å². The predicted molar refractivity (Wildman–Crippen MR) is 96.3 cm³/mol. The van der Waals surface area contributed by atoms with Crippen molar-refractivity contribution in [2.45, 2.75) is 44.6 Å². The third-order valence-corrected chi connectivity index (χ3v) is 4.51. The fraction of sp³-hybridized carbons (Fsp3) is 0.450. The van der Waals surface area contributed by atoms with E-state index in [2.05, 4.69) is 34.2 Å². The third-order valence-electron chi connectivity index (χ3n) is 4.51. The van der Waals surface area contributed by atoms with Crippen LogP contribution in [0.2, 0.25) is 0 Å². The second-order valence-electron chi connectivity index (χ2n) is 6.46. The molecule has 1 aromatic heterocycles. The summed E-state index contributed by atoms with van der Waals surface area (Å²) in [5.74, 6) is 0.769. The standard InChI is InChI=1S/C20H25N3O2/c24-20(11-5-4-9-17-7-2-1-3-8-17)23-14-6-10-18(16-23)25-19-15-21-12-13-22-19/h1-3,7-8,12-13,15,18H,4-6,9-11,14,16H2. The molecule has 1 saturated heterocycles. The van der Waals surface area contributed by atoms with Gasteiger partial charge in [0.25, 0.3) is 0 Å². The van der Waals surface area contributed by atoms with E-state index in [1.165, 1.54) is 5.56 Å². The Hall–Kier alpha value is -2.43. The maximum atomic E-state index is 12.4. The molecule has 1 fully saturated rings. The molecule has 5 heteroatoms. The maximum Gasteiger partial charge on any atom is 0.232 e. The molecule has 132 valence electrons. The minimum absolute atomic E-state index is 0.0127. The van der Waals surface area contributed by atoms with Crippen LogP contribution in [0.25, 0.3) is 0 Å². The van der Waals surface area contributed by atoms with Gasteiger partial charge in [0.05, 0.1) is 12.7 Å². The van der Waals surface area contributed by atoms with Crippen molar-refractivity contribution in [2.24, 2.45) is 0 Å². The van der Waals surface area contributed by atoms with Gasteiger partial charge in [-0.3, -0.25) is 9.78 Å². The summed E-state index contributed by atoms with van der Waals surface area (Å²) in [5.41, 5.74) is 1.34. The molecule has 2 heterocycles. The van der Waals surface area contributed by atoms with Gasteiger partial charge in [-0.05, 0) is 37.7 Å². The van der Waals surface area contributed by atoms with Crippen molar-refractivity contribution in [3.8, 4) is 5.88 Å². The second-order valence-corrected chi connectivity index (χ2v) is 6.46. The van der Waals surface area contributed by atoms with Crippen LogP contribution in [0.15, 0.2) is 48.9 Å². The van der Waals surface area contributed by atoms with Gasteiger partial charge in [0.15, 0.2) is 0 Å². The number of hydrogen-bond donors (Lipinski definition) is 0. The minimum Gasteiger partial charge on any atom is -0.471 e. The van der Waals surface area contributed by atoms with Crippen LogP contribution in [-0.4, -0.2) is 40.0 Å². The Bertz CT molecular complexity index is 649. The van der Waals surface area contributed by atoms with Crippen molar-refractivity contribution in [1.82, 2.24) is 14.9 Å². The highest BCUT2D eigenvalue weighted by atomic mass is 16.5. The number of carbonyl (C=O) groups is 1. The number of aromatic nitrogens is 2. The number of unbranched alkanes of at least 4 members (excludes halogenated alkanes) is 1. The molecule has 0 saturated carbocycles. The molecule has 5 nitrogen and oxygen atoms in total. The highest BCUT2D eigenvalue weighted by Gasteiger charge is 2.24. The number of likely N-dealkylation sites (tertiary alicyclic amines) is 1. The first-order valence-corrected chi connectivity index (χ1v) is 9.05. The van der Waals surface area contributed by atoms with Crippen LogP contribution in [0.4, 0.5) is 0 Å².